The van der Waals surface area contributed by atoms with E-state index in [0.29, 0.717) is 0 Å². The molecule has 2 aromatic carbocycles. The quantitative estimate of drug-likeness (QED) is 0.313. The minimum absolute atomic E-state index is 0.0145. The van der Waals surface area contributed by atoms with Gasteiger partial charge in [0.15, 0.2) is 5.82 Å². The molecule has 1 atom stereocenters. The lowest BCUT2D eigenvalue weighted by Crippen LogP contribution is -2.40. The lowest BCUT2D eigenvalue weighted by molar-refractivity contribution is -0.120. The number of benzene rings is 2. The van der Waals surface area contributed by atoms with Crippen molar-refractivity contribution in [1.82, 2.24) is 19.9 Å². The molecule has 2 heterocycles. The molecule has 1 unspecified atom stereocenters. The Hall–Kier alpha value is -3.39. The summed E-state index contributed by atoms with van der Waals surface area (Å²) < 4.78 is 1.86. The number of carbonyl (C=O) groups is 1. The van der Waals surface area contributed by atoms with Crippen molar-refractivity contribution < 1.29 is 4.79 Å². The van der Waals surface area contributed by atoms with Crippen molar-refractivity contribution in [2.75, 3.05) is 23.8 Å². The van der Waals surface area contributed by atoms with Crippen LogP contribution in [-0.2, 0) is 11.2 Å². The van der Waals surface area contributed by atoms with E-state index in [0.717, 1.165) is 40.0 Å². The van der Waals surface area contributed by atoms with Crippen molar-refractivity contribution in [3.05, 3.63) is 65.7 Å². The highest BCUT2D eigenvalue weighted by atomic mass is 32.1. The van der Waals surface area contributed by atoms with Crippen LogP contribution >= 0.6 is 11.3 Å². The maximum atomic E-state index is 12.7. The monoisotopic (exact) mass is 504 g/mol. The van der Waals surface area contributed by atoms with Gasteiger partial charge in [-0.3, -0.25) is 4.79 Å². The van der Waals surface area contributed by atoms with Crippen molar-refractivity contribution in [3.8, 4) is 11.3 Å². The van der Waals surface area contributed by atoms with Crippen molar-refractivity contribution in [3.63, 3.8) is 0 Å². The molecule has 0 radical (unpaired) electrons. The van der Waals surface area contributed by atoms with Gasteiger partial charge >= 0.3 is 0 Å². The van der Waals surface area contributed by atoms with Crippen molar-refractivity contribution in [1.29, 1.82) is 0 Å². The Labute approximate surface area is 217 Å². The fraction of sp³-hybridized carbons (Fsp3) is 0.393. The van der Waals surface area contributed by atoms with E-state index in [2.05, 4.69) is 81.7 Å². The number of likely N-dealkylation sites (N-methyl/N-ethyl adjacent to an activating group) is 1. The van der Waals surface area contributed by atoms with Crippen LogP contribution in [0.1, 0.15) is 45.2 Å². The van der Waals surface area contributed by atoms with Crippen LogP contribution in [0.4, 0.5) is 10.9 Å². The largest absolute Gasteiger partial charge is 0.364 e. The van der Waals surface area contributed by atoms with Gasteiger partial charge in [-0.2, -0.15) is 4.52 Å². The summed E-state index contributed by atoms with van der Waals surface area (Å²) in [5.41, 5.74) is 4.25. The first kappa shape index (κ1) is 25.7. The van der Waals surface area contributed by atoms with Gasteiger partial charge in [-0.15, -0.1) is 5.10 Å². The zero-order chi connectivity index (χ0) is 25.9. The van der Waals surface area contributed by atoms with Gasteiger partial charge in [0.25, 0.3) is 0 Å². The third kappa shape index (κ3) is 6.43. The fourth-order valence-electron chi connectivity index (χ4n) is 3.98. The van der Waals surface area contributed by atoms with Gasteiger partial charge < -0.3 is 15.5 Å². The number of hydrogen-bond acceptors (Lipinski definition) is 6. The summed E-state index contributed by atoms with van der Waals surface area (Å²) in [6.07, 6.45) is 1.84. The number of nitrogens with one attached hydrogen (secondary N) is 2. The van der Waals surface area contributed by atoms with E-state index >= 15 is 0 Å². The molecular formula is C28H36N6OS. The highest BCUT2D eigenvalue weighted by molar-refractivity contribution is 7.20. The van der Waals surface area contributed by atoms with Crippen LogP contribution in [-0.4, -0.2) is 45.7 Å². The Balaban J connectivity index is 1.46. The number of aryl methyl sites for hydroxylation is 2. The number of imidazole rings is 1. The Kier molecular flexibility index (Phi) is 7.64. The summed E-state index contributed by atoms with van der Waals surface area (Å²) >= 11 is 1.48. The maximum Gasteiger partial charge on any atom is 0.239 e. The molecular weight excluding hydrogens is 468 g/mol. The highest BCUT2D eigenvalue weighted by Crippen LogP contribution is 2.34. The smallest absolute Gasteiger partial charge is 0.239 e. The third-order valence-corrected chi connectivity index (χ3v) is 6.86. The van der Waals surface area contributed by atoms with E-state index in [-0.39, 0.29) is 24.0 Å². The average molecular weight is 505 g/mol. The molecule has 0 saturated heterocycles. The van der Waals surface area contributed by atoms with E-state index in [9.17, 15) is 4.79 Å². The normalized spacial score (nSPS) is 12.5. The zero-order valence-corrected chi connectivity index (χ0v) is 22.8. The van der Waals surface area contributed by atoms with E-state index < -0.39 is 0 Å². The first-order valence-corrected chi connectivity index (χ1v) is 13.2. The van der Waals surface area contributed by atoms with E-state index in [1.807, 2.05) is 34.7 Å². The fourth-order valence-corrected chi connectivity index (χ4v) is 4.84. The SMILES string of the molecule is Cc1ccc(-c2nc3sc(N(C)CC(=O)NC(C)CCc4ccccc4)nn3c2NC(C)(C)C)cc1. The molecule has 0 fully saturated rings. The predicted molar refractivity (Wildman–Crippen MR) is 150 cm³/mol. The van der Waals surface area contributed by atoms with Gasteiger partial charge in [0.1, 0.15) is 5.69 Å². The van der Waals surface area contributed by atoms with Gasteiger partial charge in [-0.05, 0) is 53.0 Å². The molecule has 0 bridgehead atoms. The van der Waals surface area contributed by atoms with Crippen LogP contribution < -0.4 is 15.5 Å². The lowest BCUT2D eigenvalue weighted by Gasteiger charge is -2.22. The Bertz CT molecular complexity index is 1300. The number of amides is 1. The Morgan fingerprint density at radius 2 is 1.81 bits per heavy atom. The topological polar surface area (TPSA) is 74.6 Å². The minimum atomic E-state index is -0.166. The van der Waals surface area contributed by atoms with Gasteiger partial charge in [0.05, 0.1) is 6.54 Å². The number of fused-ring (bicyclic) bond motifs is 1. The summed E-state index contributed by atoms with van der Waals surface area (Å²) in [7, 11) is 1.89. The minimum Gasteiger partial charge on any atom is -0.364 e. The van der Waals surface area contributed by atoms with Gasteiger partial charge in [-0.1, -0.05) is 71.5 Å². The molecule has 7 nitrogen and oxygen atoms in total. The number of carbonyl (C=O) groups excluding carboxylic acids is 1. The molecule has 0 saturated carbocycles. The number of aromatic nitrogens is 3. The van der Waals surface area contributed by atoms with Crippen molar-refractivity contribution in [2.24, 2.45) is 0 Å². The van der Waals surface area contributed by atoms with Gasteiger partial charge in [0, 0.05) is 24.2 Å². The molecule has 2 N–H and O–H groups in total. The molecule has 0 aliphatic rings. The molecule has 0 spiro atoms. The summed E-state index contributed by atoms with van der Waals surface area (Å²) in [5.74, 6) is 0.843. The number of nitrogens with zero attached hydrogens (tertiary/aromatic N) is 4. The Morgan fingerprint density at radius 1 is 1.11 bits per heavy atom. The number of anilines is 2. The van der Waals surface area contributed by atoms with Crippen LogP contribution in [0, 0.1) is 6.92 Å². The first-order valence-electron chi connectivity index (χ1n) is 12.4. The lowest BCUT2D eigenvalue weighted by atomic mass is 10.1. The van der Waals surface area contributed by atoms with Crippen LogP contribution in [0.5, 0.6) is 0 Å². The van der Waals surface area contributed by atoms with Crippen molar-refractivity contribution >= 4 is 33.2 Å². The second-order valence-corrected chi connectivity index (χ2v) is 11.4. The molecule has 190 valence electrons. The average Bonchev–Trinajstić information content (AvgIpc) is 3.37. The summed E-state index contributed by atoms with van der Waals surface area (Å²) in [5, 5.41) is 12.3. The van der Waals surface area contributed by atoms with Crippen molar-refractivity contribution in [2.45, 2.75) is 59.0 Å². The van der Waals surface area contributed by atoms with Crippen LogP contribution in [0.2, 0.25) is 0 Å². The molecule has 0 aliphatic heterocycles. The molecule has 4 aromatic rings. The molecule has 36 heavy (non-hydrogen) atoms. The molecule has 8 heteroatoms. The summed E-state index contributed by atoms with van der Waals surface area (Å²) in [6.45, 7) is 10.7. The van der Waals surface area contributed by atoms with Crippen LogP contribution in [0.3, 0.4) is 0 Å². The summed E-state index contributed by atoms with van der Waals surface area (Å²) in [6, 6.07) is 18.8. The Morgan fingerprint density at radius 3 is 2.47 bits per heavy atom. The molecule has 4 rings (SSSR count). The van der Waals surface area contributed by atoms with E-state index in [1.54, 1.807) is 0 Å². The van der Waals surface area contributed by atoms with Gasteiger partial charge in [0.2, 0.25) is 16.0 Å². The van der Waals surface area contributed by atoms with Crippen LogP contribution in [0.15, 0.2) is 54.6 Å². The molecule has 2 aromatic heterocycles. The maximum absolute atomic E-state index is 12.7. The first-order chi connectivity index (χ1) is 17.1. The second kappa shape index (κ2) is 10.7. The molecule has 1 amide bonds. The number of rotatable bonds is 9. The second-order valence-electron chi connectivity index (χ2n) is 10.5. The number of hydrogen-bond donors (Lipinski definition) is 2. The van der Waals surface area contributed by atoms with E-state index in [1.165, 1.54) is 22.5 Å². The summed E-state index contributed by atoms with van der Waals surface area (Å²) in [4.78, 5) is 20.3. The van der Waals surface area contributed by atoms with Gasteiger partial charge in [-0.25, -0.2) is 4.98 Å². The molecule has 0 aliphatic carbocycles. The third-order valence-electron chi connectivity index (χ3n) is 5.83. The van der Waals surface area contributed by atoms with Crippen LogP contribution in [0.25, 0.3) is 16.2 Å². The zero-order valence-electron chi connectivity index (χ0n) is 22.0. The predicted octanol–water partition coefficient (Wildman–Crippen LogP) is 5.55. The van der Waals surface area contributed by atoms with E-state index in [4.69, 9.17) is 10.1 Å². The highest BCUT2D eigenvalue weighted by Gasteiger charge is 2.23. The standard InChI is InChI=1S/C28H36N6OS/c1-19-12-16-22(17-13-19)24-25(31-28(3,4)5)34-26(30-24)36-27(32-34)33(6)18-23(35)29-20(2)14-15-21-10-8-7-9-11-21/h7-13,16-17,20,31H,14-15,18H2,1-6H3,(H,29,35).